The van der Waals surface area contributed by atoms with Gasteiger partial charge in [0, 0.05) is 6.92 Å². The van der Waals surface area contributed by atoms with Crippen LogP contribution < -0.4 is 5.32 Å². The zero-order chi connectivity index (χ0) is 15.5. The van der Waals surface area contributed by atoms with Crippen molar-refractivity contribution >= 4 is 11.6 Å². The van der Waals surface area contributed by atoms with Gasteiger partial charge in [-0.15, -0.1) is 6.58 Å². The molecule has 1 saturated carbocycles. The number of rotatable bonds is 3. The normalized spacial score (nSPS) is 28.4. The topological polar surface area (TPSA) is 86.0 Å². The molecule has 0 bridgehead atoms. The lowest BCUT2D eigenvalue weighted by molar-refractivity contribution is -0.114. The van der Waals surface area contributed by atoms with Gasteiger partial charge < -0.3 is 10.4 Å². The van der Waals surface area contributed by atoms with Gasteiger partial charge in [-0.3, -0.25) is 9.78 Å². The quantitative estimate of drug-likeness (QED) is 0.834. The number of nitriles is 1. The van der Waals surface area contributed by atoms with Crippen LogP contribution in [0.25, 0.3) is 0 Å². The molecule has 1 heterocycles. The second-order valence-electron chi connectivity index (χ2n) is 5.61. The summed E-state index contributed by atoms with van der Waals surface area (Å²) in [4.78, 5) is 15.3. The van der Waals surface area contributed by atoms with Crippen molar-refractivity contribution in [3.8, 4) is 6.07 Å². The number of hydrogen-bond donors (Lipinski definition) is 2. The largest absolute Gasteiger partial charge is 0.386 e. The van der Waals surface area contributed by atoms with Gasteiger partial charge in [0.05, 0.1) is 34.7 Å². The third kappa shape index (κ3) is 3.11. The highest BCUT2D eigenvalue weighted by Gasteiger charge is 2.42. The van der Waals surface area contributed by atoms with E-state index in [-0.39, 0.29) is 5.91 Å². The predicted octanol–water partition coefficient (Wildman–Crippen LogP) is 2.29. The van der Waals surface area contributed by atoms with E-state index in [2.05, 4.69) is 22.9 Å². The van der Waals surface area contributed by atoms with E-state index in [1.165, 1.54) is 6.92 Å². The Labute approximate surface area is 124 Å². The number of amides is 1. The van der Waals surface area contributed by atoms with Gasteiger partial charge in [0.1, 0.15) is 0 Å². The van der Waals surface area contributed by atoms with Gasteiger partial charge >= 0.3 is 0 Å². The SMILES string of the molecule is C=C[C@]1(O)CC[C@](C#N)(c2ccc(NC(C)=O)cn2)CC1. The summed E-state index contributed by atoms with van der Waals surface area (Å²) in [7, 11) is 0. The standard InChI is InChI=1S/C16H19N3O2/c1-3-16(21)8-6-15(11-17,7-9-16)14-5-4-13(10-18-14)19-12(2)20/h3-5,10,21H,1,6-9H2,2H3,(H,19,20)/t15-,16-. The lowest BCUT2D eigenvalue weighted by atomic mass is 9.67. The molecule has 1 amide bonds. The van der Waals surface area contributed by atoms with Crippen molar-refractivity contribution in [1.29, 1.82) is 5.26 Å². The van der Waals surface area contributed by atoms with E-state index in [4.69, 9.17) is 0 Å². The Balaban J connectivity index is 2.21. The van der Waals surface area contributed by atoms with Crippen molar-refractivity contribution in [2.75, 3.05) is 5.32 Å². The lowest BCUT2D eigenvalue weighted by Gasteiger charge is -2.38. The van der Waals surface area contributed by atoms with Crippen LogP contribution in [0.15, 0.2) is 31.0 Å². The summed E-state index contributed by atoms with van der Waals surface area (Å²) in [6, 6.07) is 5.88. The number of carbonyl (C=O) groups is 1. The van der Waals surface area contributed by atoms with Crippen molar-refractivity contribution in [3.63, 3.8) is 0 Å². The Morgan fingerprint density at radius 2 is 2.14 bits per heavy atom. The molecule has 0 aliphatic heterocycles. The first-order valence-electron chi connectivity index (χ1n) is 6.94. The van der Waals surface area contributed by atoms with Gasteiger partial charge in [0.2, 0.25) is 5.91 Å². The van der Waals surface area contributed by atoms with Crippen molar-refractivity contribution in [2.24, 2.45) is 0 Å². The molecule has 2 rings (SSSR count). The molecule has 0 aromatic carbocycles. The van der Waals surface area contributed by atoms with E-state index < -0.39 is 11.0 Å². The maximum atomic E-state index is 11.0. The predicted molar refractivity (Wildman–Crippen MR) is 79.4 cm³/mol. The van der Waals surface area contributed by atoms with Crippen LogP contribution in [0.2, 0.25) is 0 Å². The van der Waals surface area contributed by atoms with Crippen LogP contribution in [-0.2, 0) is 10.2 Å². The average Bonchev–Trinajstić information content (AvgIpc) is 2.49. The number of aliphatic hydroxyl groups is 1. The molecule has 1 fully saturated rings. The van der Waals surface area contributed by atoms with E-state index in [9.17, 15) is 15.2 Å². The average molecular weight is 285 g/mol. The van der Waals surface area contributed by atoms with E-state index in [1.807, 2.05) is 0 Å². The van der Waals surface area contributed by atoms with E-state index >= 15 is 0 Å². The van der Waals surface area contributed by atoms with Crippen LogP contribution in [0.1, 0.15) is 38.3 Å². The Morgan fingerprint density at radius 3 is 2.57 bits per heavy atom. The summed E-state index contributed by atoms with van der Waals surface area (Å²) in [6.45, 7) is 5.09. The molecule has 5 heteroatoms. The molecule has 0 atom stereocenters. The number of hydrogen-bond acceptors (Lipinski definition) is 4. The lowest BCUT2D eigenvalue weighted by Crippen LogP contribution is -2.39. The van der Waals surface area contributed by atoms with Crippen LogP contribution in [0, 0.1) is 11.3 Å². The van der Waals surface area contributed by atoms with Crippen molar-refractivity contribution < 1.29 is 9.90 Å². The van der Waals surface area contributed by atoms with Gasteiger partial charge in [-0.1, -0.05) is 6.08 Å². The molecule has 1 aliphatic carbocycles. The van der Waals surface area contributed by atoms with E-state index in [0.717, 1.165) is 0 Å². The first-order valence-corrected chi connectivity index (χ1v) is 6.94. The Morgan fingerprint density at radius 1 is 1.48 bits per heavy atom. The molecule has 1 aliphatic rings. The smallest absolute Gasteiger partial charge is 0.221 e. The Kier molecular flexibility index (Phi) is 4.10. The Bertz CT molecular complexity index is 579. The number of anilines is 1. The molecular weight excluding hydrogens is 266 g/mol. The number of pyridine rings is 1. The molecular formula is C16H19N3O2. The fraction of sp³-hybridized carbons (Fsp3) is 0.438. The summed E-state index contributed by atoms with van der Waals surface area (Å²) in [5.41, 5.74) is -0.261. The maximum absolute atomic E-state index is 11.0. The Hall–Kier alpha value is -2.19. The van der Waals surface area contributed by atoms with E-state index in [0.29, 0.717) is 37.1 Å². The number of aromatic nitrogens is 1. The minimum absolute atomic E-state index is 0.159. The first-order chi connectivity index (χ1) is 9.93. The zero-order valence-corrected chi connectivity index (χ0v) is 12.1. The van der Waals surface area contributed by atoms with Crippen molar-refractivity contribution in [3.05, 3.63) is 36.7 Å². The molecule has 110 valence electrons. The molecule has 21 heavy (non-hydrogen) atoms. The minimum atomic E-state index is -0.878. The fourth-order valence-electron chi connectivity index (χ4n) is 2.69. The molecule has 0 unspecified atom stereocenters. The first kappa shape index (κ1) is 15.2. The second kappa shape index (κ2) is 5.66. The molecule has 0 spiro atoms. The molecule has 0 radical (unpaired) electrons. The van der Waals surface area contributed by atoms with Crippen LogP contribution in [0.5, 0.6) is 0 Å². The summed E-state index contributed by atoms with van der Waals surface area (Å²) < 4.78 is 0. The summed E-state index contributed by atoms with van der Waals surface area (Å²) >= 11 is 0. The van der Waals surface area contributed by atoms with Crippen molar-refractivity contribution in [2.45, 2.75) is 43.6 Å². The maximum Gasteiger partial charge on any atom is 0.221 e. The highest BCUT2D eigenvalue weighted by atomic mass is 16.3. The fourth-order valence-corrected chi connectivity index (χ4v) is 2.69. The zero-order valence-electron chi connectivity index (χ0n) is 12.1. The molecule has 5 nitrogen and oxygen atoms in total. The summed E-state index contributed by atoms with van der Waals surface area (Å²) in [5.74, 6) is -0.159. The second-order valence-corrected chi connectivity index (χ2v) is 5.61. The third-order valence-corrected chi connectivity index (χ3v) is 4.14. The monoisotopic (exact) mass is 285 g/mol. The van der Waals surface area contributed by atoms with Gasteiger partial charge in [-0.2, -0.15) is 5.26 Å². The molecule has 1 aromatic heterocycles. The van der Waals surface area contributed by atoms with Gasteiger partial charge in [0.15, 0.2) is 0 Å². The van der Waals surface area contributed by atoms with Gasteiger partial charge in [-0.05, 0) is 37.8 Å². The number of carbonyl (C=O) groups excluding carboxylic acids is 1. The highest BCUT2D eigenvalue weighted by molar-refractivity contribution is 5.88. The van der Waals surface area contributed by atoms with Crippen LogP contribution in [-0.4, -0.2) is 21.6 Å². The van der Waals surface area contributed by atoms with Crippen LogP contribution in [0.4, 0.5) is 5.69 Å². The number of nitrogens with zero attached hydrogens (tertiary/aromatic N) is 2. The highest BCUT2D eigenvalue weighted by Crippen LogP contribution is 2.42. The third-order valence-electron chi connectivity index (χ3n) is 4.14. The van der Waals surface area contributed by atoms with Gasteiger partial charge in [-0.25, -0.2) is 0 Å². The molecule has 0 saturated heterocycles. The minimum Gasteiger partial charge on any atom is -0.386 e. The number of nitrogens with one attached hydrogen (secondary N) is 1. The van der Waals surface area contributed by atoms with Gasteiger partial charge in [0.25, 0.3) is 0 Å². The van der Waals surface area contributed by atoms with E-state index in [1.54, 1.807) is 24.4 Å². The molecule has 2 N–H and O–H groups in total. The van der Waals surface area contributed by atoms with Crippen molar-refractivity contribution in [1.82, 2.24) is 4.98 Å². The summed E-state index contributed by atoms with van der Waals surface area (Å²) in [6.07, 6.45) is 5.20. The van der Waals surface area contributed by atoms with Crippen LogP contribution >= 0.6 is 0 Å². The van der Waals surface area contributed by atoms with Crippen LogP contribution in [0.3, 0.4) is 0 Å². The summed E-state index contributed by atoms with van der Waals surface area (Å²) in [5, 5.41) is 22.4. The molecule has 1 aromatic rings.